The second kappa shape index (κ2) is 11.5. The van der Waals surface area contributed by atoms with E-state index >= 15 is 0 Å². The summed E-state index contributed by atoms with van der Waals surface area (Å²) >= 11 is 5.21. The van der Waals surface area contributed by atoms with Crippen LogP contribution in [0.4, 0.5) is 18.9 Å². The highest BCUT2D eigenvalue weighted by molar-refractivity contribution is 6.28. The number of anilines is 1. The number of benzene rings is 1. The molecule has 34 heavy (non-hydrogen) atoms. The minimum absolute atomic E-state index is 0.0209. The van der Waals surface area contributed by atoms with Crippen LogP contribution < -0.4 is 10.6 Å². The van der Waals surface area contributed by atoms with Crippen LogP contribution in [-0.4, -0.2) is 51.4 Å². The summed E-state index contributed by atoms with van der Waals surface area (Å²) in [5, 5.41) is 19.0. The Morgan fingerprint density at radius 1 is 1.18 bits per heavy atom. The molecule has 2 aromatic rings. The Morgan fingerprint density at radius 2 is 1.91 bits per heavy atom. The molecule has 1 aliphatic heterocycles. The van der Waals surface area contributed by atoms with Crippen LogP contribution in [0.25, 0.3) is 5.57 Å². The van der Waals surface area contributed by atoms with Gasteiger partial charge in [-0.15, -0.1) is 5.10 Å². The summed E-state index contributed by atoms with van der Waals surface area (Å²) in [6, 6.07) is 5.47. The van der Waals surface area contributed by atoms with Crippen molar-refractivity contribution in [3.8, 4) is 0 Å². The maximum Gasteiger partial charge on any atom is 0.471 e. The number of nitrogens with zero attached hydrogens (tertiary/aromatic N) is 2. The van der Waals surface area contributed by atoms with Gasteiger partial charge in [0.05, 0.1) is 0 Å². The average molecular weight is 500 g/mol. The number of aromatic nitrogens is 3. The number of hydrogen-bond donors (Lipinski definition) is 4. The second-order valence-corrected chi connectivity index (χ2v) is 8.37. The summed E-state index contributed by atoms with van der Waals surface area (Å²) in [6.07, 6.45) is 3.14. The first-order valence-corrected chi connectivity index (χ1v) is 11.3. The zero-order valence-electron chi connectivity index (χ0n) is 18.2. The fourth-order valence-electron chi connectivity index (χ4n) is 3.96. The first-order valence-electron chi connectivity index (χ1n) is 10.9. The van der Waals surface area contributed by atoms with Gasteiger partial charge in [0.2, 0.25) is 5.28 Å². The predicted molar refractivity (Wildman–Crippen MR) is 121 cm³/mol. The number of carboxylic acids is 1. The monoisotopic (exact) mass is 499 g/mol. The van der Waals surface area contributed by atoms with Crippen molar-refractivity contribution in [2.45, 2.75) is 50.6 Å². The molecule has 0 spiro atoms. The molecule has 8 nitrogen and oxygen atoms in total. The van der Waals surface area contributed by atoms with Crippen molar-refractivity contribution >= 4 is 34.7 Å². The van der Waals surface area contributed by atoms with Crippen molar-refractivity contribution in [3.63, 3.8) is 0 Å². The molecule has 1 aliphatic carbocycles. The lowest BCUT2D eigenvalue weighted by molar-refractivity contribution is -0.167. The average Bonchev–Trinajstić information content (AvgIpc) is 3.27. The van der Waals surface area contributed by atoms with Crippen LogP contribution in [0.1, 0.15) is 66.2 Å². The molecule has 0 saturated carbocycles. The van der Waals surface area contributed by atoms with Gasteiger partial charge in [-0.2, -0.15) is 18.2 Å². The van der Waals surface area contributed by atoms with E-state index in [1.165, 1.54) is 0 Å². The smallest absolute Gasteiger partial charge is 0.471 e. The van der Waals surface area contributed by atoms with E-state index in [4.69, 9.17) is 16.7 Å². The molecule has 2 aliphatic rings. The first kappa shape index (κ1) is 25.7. The van der Waals surface area contributed by atoms with E-state index < -0.39 is 18.1 Å². The van der Waals surface area contributed by atoms with Gasteiger partial charge in [0.15, 0.2) is 0 Å². The number of alkyl halides is 3. The number of carbonyl (C=O) groups is 2. The Morgan fingerprint density at radius 3 is 2.44 bits per heavy atom. The maximum absolute atomic E-state index is 12.6. The van der Waals surface area contributed by atoms with Gasteiger partial charge in [-0.05, 0) is 92.4 Å². The lowest BCUT2D eigenvalue weighted by atomic mass is 9.86. The summed E-state index contributed by atoms with van der Waals surface area (Å²) in [6.45, 7) is 1.91. The normalized spacial score (nSPS) is 16.8. The van der Waals surface area contributed by atoms with E-state index in [9.17, 15) is 22.8 Å². The van der Waals surface area contributed by atoms with Crippen molar-refractivity contribution in [3.05, 3.63) is 46.5 Å². The van der Waals surface area contributed by atoms with Gasteiger partial charge in [-0.25, -0.2) is 9.89 Å². The van der Waals surface area contributed by atoms with Gasteiger partial charge in [0.1, 0.15) is 0 Å². The van der Waals surface area contributed by atoms with Crippen molar-refractivity contribution in [2.75, 3.05) is 18.4 Å². The molecular formula is C22H25ClF3N5O3. The number of amides is 1. The van der Waals surface area contributed by atoms with Crippen molar-refractivity contribution in [1.82, 2.24) is 20.5 Å². The fraction of sp³-hybridized carbons (Fsp3) is 0.455. The lowest BCUT2D eigenvalue weighted by Crippen LogP contribution is -2.30. The third-order valence-electron chi connectivity index (χ3n) is 5.65. The zero-order chi connectivity index (χ0) is 24.7. The third kappa shape index (κ3) is 7.04. The van der Waals surface area contributed by atoms with Crippen LogP contribution in [0.2, 0.25) is 5.28 Å². The predicted octanol–water partition coefficient (Wildman–Crippen LogP) is 4.77. The quantitative estimate of drug-likeness (QED) is 0.481. The molecule has 0 bridgehead atoms. The maximum atomic E-state index is 12.6. The number of hydrogen-bond acceptors (Lipinski definition) is 5. The van der Waals surface area contributed by atoms with Gasteiger partial charge >= 0.3 is 18.1 Å². The molecule has 12 heteroatoms. The molecule has 1 saturated heterocycles. The zero-order valence-corrected chi connectivity index (χ0v) is 19.0. The van der Waals surface area contributed by atoms with Crippen LogP contribution in [-0.2, 0) is 4.79 Å². The number of aromatic amines is 1. The standard InChI is InChI=1S/C19H23F3N2O.C3H2ClN3O2/c20-19(21,22)18(25)24-17-7-6-15(13-8-10-23-11-9-13)12-16(17)14-4-2-1-3-5-14;4-3-5-1(2(8)9)6-7-3/h4,6-7,12-13,23H,1-3,5,8-11H2,(H,24,25);(H,8,9)(H,5,6,7). The van der Waals surface area contributed by atoms with Crippen molar-refractivity contribution in [1.29, 1.82) is 0 Å². The number of aromatic carboxylic acids is 1. The molecule has 1 aromatic carbocycles. The van der Waals surface area contributed by atoms with Gasteiger partial charge in [-0.3, -0.25) is 4.79 Å². The number of carboxylic acid groups (broad SMARTS) is 1. The van der Waals surface area contributed by atoms with E-state index in [1.807, 2.05) is 12.1 Å². The minimum Gasteiger partial charge on any atom is -0.475 e. The molecule has 4 rings (SSSR count). The first-order chi connectivity index (χ1) is 16.1. The number of allylic oxidation sites excluding steroid dienone is 2. The van der Waals surface area contributed by atoms with Gasteiger partial charge in [-0.1, -0.05) is 12.1 Å². The molecule has 0 atom stereocenters. The Hall–Kier alpha value is -2.92. The van der Waals surface area contributed by atoms with Gasteiger partial charge in [0, 0.05) is 11.3 Å². The Kier molecular flexibility index (Phi) is 8.67. The van der Waals surface area contributed by atoms with Crippen molar-refractivity contribution in [2.24, 2.45) is 0 Å². The van der Waals surface area contributed by atoms with E-state index in [0.717, 1.165) is 68.3 Å². The molecule has 1 amide bonds. The largest absolute Gasteiger partial charge is 0.475 e. The van der Waals surface area contributed by atoms with Crippen molar-refractivity contribution < 1.29 is 27.9 Å². The summed E-state index contributed by atoms with van der Waals surface area (Å²) in [7, 11) is 0. The third-order valence-corrected chi connectivity index (χ3v) is 5.82. The molecule has 0 radical (unpaired) electrons. The minimum atomic E-state index is -4.88. The Balaban J connectivity index is 0.000000302. The number of halogens is 4. The summed E-state index contributed by atoms with van der Waals surface area (Å²) in [5.41, 5.74) is 3.19. The Bertz CT molecular complexity index is 1050. The summed E-state index contributed by atoms with van der Waals surface area (Å²) in [5.74, 6) is -3.02. The van der Waals surface area contributed by atoms with Crippen LogP contribution >= 0.6 is 11.6 Å². The molecule has 1 fully saturated rings. The molecule has 184 valence electrons. The highest BCUT2D eigenvalue weighted by Gasteiger charge is 2.39. The number of carbonyl (C=O) groups excluding carboxylic acids is 1. The number of rotatable bonds is 4. The molecule has 1 aromatic heterocycles. The van der Waals surface area contributed by atoms with Crippen LogP contribution in [0.3, 0.4) is 0 Å². The molecule has 4 N–H and O–H groups in total. The highest BCUT2D eigenvalue weighted by Crippen LogP contribution is 2.36. The summed E-state index contributed by atoms with van der Waals surface area (Å²) < 4.78 is 37.9. The molecule has 2 heterocycles. The number of H-pyrrole nitrogens is 1. The van der Waals surface area contributed by atoms with Gasteiger partial charge in [0.25, 0.3) is 5.82 Å². The van der Waals surface area contributed by atoms with E-state index in [2.05, 4.69) is 31.9 Å². The molecule has 0 unspecified atom stereocenters. The second-order valence-electron chi connectivity index (χ2n) is 8.01. The summed E-state index contributed by atoms with van der Waals surface area (Å²) in [4.78, 5) is 24.7. The van der Waals surface area contributed by atoms with Gasteiger partial charge < -0.3 is 15.7 Å². The van der Waals surface area contributed by atoms with E-state index in [0.29, 0.717) is 5.92 Å². The van der Waals surface area contributed by atoms with Crippen LogP contribution in [0.15, 0.2) is 24.3 Å². The van der Waals surface area contributed by atoms with Crippen LogP contribution in [0.5, 0.6) is 0 Å². The highest BCUT2D eigenvalue weighted by atomic mass is 35.5. The van der Waals surface area contributed by atoms with E-state index in [-0.39, 0.29) is 16.8 Å². The van der Waals surface area contributed by atoms with E-state index in [1.54, 1.807) is 6.07 Å². The fourth-order valence-corrected chi connectivity index (χ4v) is 4.08. The topological polar surface area (TPSA) is 120 Å². The number of nitrogens with one attached hydrogen (secondary N) is 3. The number of piperidine rings is 1. The van der Waals surface area contributed by atoms with Crippen LogP contribution in [0, 0.1) is 0 Å². The Labute approximate surface area is 199 Å². The lowest BCUT2D eigenvalue weighted by Gasteiger charge is -2.25. The SMILES string of the molecule is O=C(Nc1ccc(C2CCNCC2)cc1C1=CCCCC1)C(F)(F)F.O=C(O)c1n[nH]c(Cl)n1. The molecular weight excluding hydrogens is 475 g/mol.